The van der Waals surface area contributed by atoms with Crippen LogP contribution in [0.4, 0.5) is 5.69 Å². The van der Waals surface area contributed by atoms with Crippen LogP contribution in [-0.2, 0) is 6.61 Å². The van der Waals surface area contributed by atoms with E-state index in [1.165, 1.54) is 11.3 Å². The molecule has 3 nitrogen and oxygen atoms in total. The molecule has 0 aromatic heterocycles. The zero-order chi connectivity index (χ0) is 13.7. The molecule has 0 spiro atoms. The van der Waals surface area contributed by atoms with Gasteiger partial charge in [0.2, 0.25) is 0 Å². The van der Waals surface area contributed by atoms with Crippen molar-refractivity contribution in [3.63, 3.8) is 0 Å². The molecule has 0 aliphatic rings. The van der Waals surface area contributed by atoms with Crippen LogP contribution in [0.5, 0.6) is 0 Å². The van der Waals surface area contributed by atoms with Gasteiger partial charge in [-0.25, -0.2) is 0 Å². The molecule has 0 saturated carbocycles. The zero-order valence-electron chi connectivity index (χ0n) is 12.3. The minimum Gasteiger partial charge on any atom is -0.392 e. The molecule has 0 aliphatic carbocycles. The highest BCUT2D eigenvalue weighted by molar-refractivity contribution is 5.55. The van der Waals surface area contributed by atoms with Gasteiger partial charge >= 0.3 is 0 Å². The maximum Gasteiger partial charge on any atom is 0.0681 e. The monoisotopic (exact) mass is 250 g/mol. The van der Waals surface area contributed by atoms with Crippen molar-refractivity contribution in [1.29, 1.82) is 0 Å². The number of benzene rings is 1. The molecule has 0 bridgehead atoms. The average molecular weight is 250 g/mol. The van der Waals surface area contributed by atoms with Gasteiger partial charge in [0.25, 0.3) is 0 Å². The van der Waals surface area contributed by atoms with E-state index in [9.17, 15) is 0 Å². The summed E-state index contributed by atoms with van der Waals surface area (Å²) < 4.78 is 0. The fourth-order valence-corrected chi connectivity index (χ4v) is 2.48. The number of hydrogen-bond acceptors (Lipinski definition) is 3. The molecule has 0 heterocycles. The van der Waals surface area contributed by atoms with Crippen molar-refractivity contribution in [3.8, 4) is 0 Å². The van der Waals surface area contributed by atoms with Crippen LogP contribution < -0.4 is 4.90 Å². The molecule has 1 atom stereocenters. The maximum atomic E-state index is 9.16. The van der Waals surface area contributed by atoms with Crippen LogP contribution >= 0.6 is 0 Å². The second-order valence-corrected chi connectivity index (χ2v) is 5.18. The third-order valence-electron chi connectivity index (χ3n) is 3.26. The average Bonchev–Trinajstić information content (AvgIpc) is 2.31. The van der Waals surface area contributed by atoms with Crippen molar-refractivity contribution in [2.45, 2.75) is 33.4 Å². The number of rotatable bonds is 6. The van der Waals surface area contributed by atoms with E-state index >= 15 is 0 Å². The van der Waals surface area contributed by atoms with Crippen molar-refractivity contribution >= 4 is 5.69 Å². The Morgan fingerprint density at radius 1 is 1.28 bits per heavy atom. The van der Waals surface area contributed by atoms with E-state index in [4.69, 9.17) is 5.11 Å². The van der Waals surface area contributed by atoms with Gasteiger partial charge in [0.05, 0.1) is 6.61 Å². The number of likely N-dealkylation sites (N-methyl/N-ethyl adjacent to an activating group) is 2. The van der Waals surface area contributed by atoms with E-state index in [1.807, 2.05) is 6.07 Å². The molecule has 1 N–H and O–H groups in total. The molecule has 1 aromatic rings. The Morgan fingerprint density at radius 2 is 1.94 bits per heavy atom. The van der Waals surface area contributed by atoms with Crippen molar-refractivity contribution in [2.75, 3.05) is 32.1 Å². The molecule has 1 rings (SSSR count). The van der Waals surface area contributed by atoms with Crippen molar-refractivity contribution in [2.24, 2.45) is 0 Å². The molecule has 0 fully saturated rings. The summed E-state index contributed by atoms with van der Waals surface area (Å²) in [4.78, 5) is 4.63. The van der Waals surface area contributed by atoms with Gasteiger partial charge in [-0.1, -0.05) is 12.1 Å². The summed E-state index contributed by atoms with van der Waals surface area (Å²) in [6.07, 6.45) is 0. The van der Waals surface area contributed by atoms with Crippen LogP contribution in [-0.4, -0.2) is 43.2 Å². The smallest absolute Gasteiger partial charge is 0.0681 e. The van der Waals surface area contributed by atoms with Crippen LogP contribution in [0.15, 0.2) is 18.2 Å². The fourth-order valence-electron chi connectivity index (χ4n) is 2.48. The normalized spacial score (nSPS) is 12.8. The van der Waals surface area contributed by atoms with Gasteiger partial charge in [0, 0.05) is 24.8 Å². The summed E-state index contributed by atoms with van der Waals surface area (Å²) in [6, 6.07) is 6.67. The van der Waals surface area contributed by atoms with E-state index in [-0.39, 0.29) is 6.61 Å². The maximum absolute atomic E-state index is 9.16. The van der Waals surface area contributed by atoms with Crippen LogP contribution in [0.1, 0.15) is 25.0 Å². The van der Waals surface area contributed by atoms with Crippen LogP contribution in [0.25, 0.3) is 0 Å². The summed E-state index contributed by atoms with van der Waals surface area (Å²) in [5, 5.41) is 9.16. The van der Waals surface area contributed by atoms with Crippen LogP contribution in [0, 0.1) is 6.92 Å². The molecule has 0 amide bonds. The minimum absolute atomic E-state index is 0.112. The fraction of sp³-hybridized carbons (Fsp3) is 0.600. The Hall–Kier alpha value is -1.06. The van der Waals surface area contributed by atoms with E-state index in [1.54, 1.807) is 0 Å². The number of hydrogen-bond donors (Lipinski definition) is 1. The molecular weight excluding hydrogens is 224 g/mol. The van der Waals surface area contributed by atoms with Crippen molar-refractivity contribution in [3.05, 3.63) is 29.3 Å². The highest BCUT2D eigenvalue weighted by Crippen LogP contribution is 2.23. The van der Waals surface area contributed by atoms with E-state index in [0.717, 1.165) is 18.7 Å². The molecular formula is C15H26N2O. The lowest BCUT2D eigenvalue weighted by molar-refractivity contribution is 0.282. The predicted molar refractivity (Wildman–Crippen MR) is 78.1 cm³/mol. The van der Waals surface area contributed by atoms with Gasteiger partial charge in [0.1, 0.15) is 0 Å². The first kappa shape index (κ1) is 15.0. The van der Waals surface area contributed by atoms with Crippen molar-refractivity contribution in [1.82, 2.24) is 4.90 Å². The topological polar surface area (TPSA) is 26.7 Å². The van der Waals surface area contributed by atoms with E-state index in [2.05, 4.69) is 56.8 Å². The second kappa shape index (κ2) is 6.76. The molecule has 102 valence electrons. The Bertz CT molecular complexity index is 377. The lowest BCUT2D eigenvalue weighted by Crippen LogP contribution is -2.40. The molecule has 1 aromatic carbocycles. The number of nitrogens with zero attached hydrogens (tertiary/aromatic N) is 2. The minimum atomic E-state index is 0.112. The summed E-state index contributed by atoms with van der Waals surface area (Å²) in [7, 11) is 4.21. The largest absolute Gasteiger partial charge is 0.392 e. The quantitative estimate of drug-likeness (QED) is 0.839. The molecule has 0 radical (unpaired) electrons. The molecule has 1 unspecified atom stereocenters. The lowest BCUT2D eigenvalue weighted by atomic mass is 10.1. The Kier molecular flexibility index (Phi) is 5.63. The Balaban J connectivity index is 2.94. The van der Waals surface area contributed by atoms with Gasteiger partial charge in [-0.3, -0.25) is 0 Å². The second-order valence-electron chi connectivity index (χ2n) is 5.18. The number of aliphatic hydroxyl groups excluding tert-OH is 1. The molecule has 0 saturated heterocycles. The number of aliphatic hydroxyl groups is 1. The summed E-state index contributed by atoms with van der Waals surface area (Å²) >= 11 is 0. The predicted octanol–water partition coefficient (Wildman–Crippen LogP) is 2.26. The molecule has 3 heteroatoms. The molecule has 18 heavy (non-hydrogen) atoms. The van der Waals surface area contributed by atoms with Gasteiger partial charge in [-0.05, 0) is 52.1 Å². The van der Waals surface area contributed by atoms with E-state index in [0.29, 0.717) is 6.04 Å². The van der Waals surface area contributed by atoms with E-state index < -0.39 is 0 Å². The van der Waals surface area contributed by atoms with Crippen LogP contribution in [0.3, 0.4) is 0 Å². The molecule has 0 aliphatic heterocycles. The standard InChI is InChI=1S/C15H26N2O/c1-6-17(13(3)10-16(4)5)15-8-7-14(11-18)9-12(15)2/h7-9,13,18H,6,10-11H2,1-5H3. The highest BCUT2D eigenvalue weighted by Gasteiger charge is 2.15. The van der Waals surface area contributed by atoms with Gasteiger partial charge in [0.15, 0.2) is 0 Å². The highest BCUT2D eigenvalue weighted by atomic mass is 16.3. The van der Waals surface area contributed by atoms with Crippen LogP contribution in [0.2, 0.25) is 0 Å². The van der Waals surface area contributed by atoms with Gasteiger partial charge < -0.3 is 14.9 Å². The number of anilines is 1. The Labute approximate surface area is 111 Å². The first-order chi connectivity index (χ1) is 8.49. The Morgan fingerprint density at radius 3 is 2.39 bits per heavy atom. The van der Waals surface area contributed by atoms with Crippen molar-refractivity contribution < 1.29 is 5.11 Å². The first-order valence-electron chi connectivity index (χ1n) is 6.61. The summed E-state index contributed by atoms with van der Waals surface area (Å²) in [5.74, 6) is 0. The number of aryl methyl sites for hydroxylation is 1. The lowest BCUT2D eigenvalue weighted by Gasteiger charge is -2.33. The summed E-state index contributed by atoms with van der Waals surface area (Å²) in [5.41, 5.74) is 3.48. The third-order valence-corrected chi connectivity index (χ3v) is 3.26. The SMILES string of the molecule is CCN(c1ccc(CO)cc1C)C(C)CN(C)C. The zero-order valence-corrected chi connectivity index (χ0v) is 12.3. The summed E-state index contributed by atoms with van der Waals surface area (Å²) in [6.45, 7) is 8.69. The first-order valence-corrected chi connectivity index (χ1v) is 6.61. The van der Waals surface area contributed by atoms with Gasteiger partial charge in [-0.2, -0.15) is 0 Å². The third kappa shape index (κ3) is 3.72. The van der Waals surface area contributed by atoms with Gasteiger partial charge in [-0.15, -0.1) is 0 Å².